The summed E-state index contributed by atoms with van der Waals surface area (Å²) >= 11 is 5.49. The van der Waals surface area contributed by atoms with E-state index in [1.807, 2.05) is 13.8 Å². The molecule has 0 aromatic rings. The highest BCUT2D eigenvalue weighted by Gasteiger charge is 2.24. The molecule has 0 aliphatic heterocycles. The van der Waals surface area contributed by atoms with Crippen molar-refractivity contribution in [1.29, 1.82) is 0 Å². The zero-order valence-electron chi connectivity index (χ0n) is 6.34. The molecule has 1 N–H and O–H groups in total. The van der Waals surface area contributed by atoms with E-state index in [9.17, 15) is 4.79 Å². The molecule has 0 rings (SSSR count). The molecule has 0 aliphatic carbocycles. The Labute approximate surface area is 65.7 Å². The van der Waals surface area contributed by atoms with Gasteiger partial charge in [-0.15, -0.1) is 0 Å². The Morgan fingerprint density at radius 2 is 2.00 bits per heavy atom. The van der Waals surface area contributed by atoms with Crippen molar-refractivity contribution in [2.45, 2.75) is 19.9 Å². The quantitative estimate of drug-likeness (QED) is 0.639. The Morgan fingerprint density at radius 1 is 1.60 bits per heavy atom. The summed E-state index contributed by atoms with van der Waals surface area (Å²) in [7, 11) is 1.54. The van der Waals surface area contributed by atoms with Crippen molar-refractivity contribution < 1.29 is 9.90 Å². The van der Waals surface area contributed by atoms with Crippen LogP contribution in [0.25, 0.3) is 0 Å². The first kappa shape index (κ1) is 9.72. The molecule has 1 atom stereocenters. The van der Waals surface area contributed by atoms with Crippen LogP contribution in [0.15, 0.2) is 0 Å². The minimum absolute atomic E-state index is 0.0278. The van der Waals surface area contributed by atoms with Crippen LogP contribution in [0.1, 0.15) is 13.8 Å². The first-order valence-electron chi connectivity index (χ1n) is 3.08. The average molecular weight is 166 g/mol. The van der Waals surface area contributed by atoms with Crippen molar-refractivity contribution >= 4 is 17.7 Å². The second kappa shape index (κ2) is 3.78. The third kappa shape index (κ3) is 2.54. The number of hydrogen-bond acceptors (Lipinski definition) is 2. The average Bonchev–Trinajstić information content (AvgIpc) is 1.59. The molecule has 0 saturated heterocycles. The van der Waals surface area contributed by atoms with Gasteiger partial charge in [-0.05, 0) is 17.7 Å². The van der Waals surface area contributed by atoms with Crippen LogP contribution in [0.5, 0.6) is 0 Å². The van der Waals surface area contributed by atoms with Crippen LogP contribution in [0.3, 0.4) is 0 Å². The van der Waals surface area contributed by atoms with Gasteiger partial charge >= 0.3 is 5.97 Å². The Morgan fingerprint density at radius 3 is 2.00 bits per heavy atom. The Hall–Kier alpha value is -0.280. The summed E-state index contributed by atoms with van der Waals surface area (Å²) in [4.78, 5) is 10.5. The monoisotopic (exact) mass is 165 g/mol. The van der Waals surface area contributed by atoms with Crippen LogP contribution in [-0.2, 0) is 4.79 Å². The second-order valence-corrected chi connectivity index (χ2v) is 3.09. The number of nitrogens with zero attached hydrogens (tertiary/aromatic N) is 1. The topological polar surface area (TPSA) is 40.5 Å². The number of likely N-dealkylation sites (N-methyl/N-ethyl adjacent to an activating group) is 1. The molecule has 0 radical (unpaired) electrons. The van der Waals surface area contributed by atoms with Gasteiger partial charge in [0, 0.05) is 7.05 Å². The molecule has 4 heteroatoms. The van der Waals surface area contributed by atoms with E-state index < -0.39 is 12.0 Å². The maximum Gasteiger partial charge on any atom is 0.322 e. The predicted molar refractivity (Wildman–Crippen MR) is 39.9 cm³/mol. The molecule has 0 aromatic heterocycles. The first-order chi connectivity index (χ1) is 4.46. The van der Waals surface area contributed by atoms with Gasteiger partial charge in [0.15, 0.2) is 0 Å². The summed E-state index contributed by atoms with van der Waals surface area (Å²) < 4.78 is 1.19. The molecule has 0 heterocycles. The Balaban J connectivity index is 4.12. The zero-order valence-corrected chi connectivity index (χ0v) is 7.09. The van der Waals surface area contributed by atoms with Crippen molar-refractivity contribution in [2.24, 2.45) is 5.92 Å². The van der Waals surface area contributed by atoms with Crippen molar-refractivity contribution in [3.63, 3.8) is 0 Å². The maximum absolute atomic E-state index is 10.5. The van der Waals surface area contributed by atoms with E-state index in [4.69, 9.17) is 16.9 Å². The lowest BCUT2D eigenvalue weighted by Gasteiger charge is -2.20. The molecule has 60 valence electrons. The number of rotatable bonds is 3. The minimum atomic E-state index is -0.882. The SMILES string of the molecule is CC(C)C(C(=O)O)N(C)Cl. The van der Waals surface area contributed by atoms with Crippen LogP contribution < -0.4 is 0 Å². The van der Waals surface area contributed by atoms with E-state index in [0.29, 0.717) is 0 Å². The van der Waals surface area contributed by atoms with E-state index >= 15 is 0 Å². The standard InChI is InChI=1S/C6H12ClNO2/c1-4(2)5(6(9)10)8(3)7/h4-5H,1-3H3,(H,9,10). The van der Waals surface area contributed by atoms with Gasteiger partial charge in [-0.1, -0.05) is 13.8 Å². The summed E-state index contributed by atoms with van der Waals surface area (Å²) in [5.41, 5.74) is 0. The highest BCUT2D eigenvalue weighted by molar-refractivity contribution is 6.14. The largest absolute Gasteiger partial charge is 0.480 e. The molecule has 0 aromatic carbocycles. The van der Waals surface area contributed by atoms with E-state index in [2.05, 4.69) is 0 Å². The van der Waals surface area contributed by atoms with Crippen molar-refractivity contribution in [3.05, 3.63) is 0 Å². The highest BCUT2D eigenvalue weighted by atomic mass is 35.5. The van der Waals surface area contributed by atoms with Crippen molar-refractivity contribution in [2.75, 3.05) is 7.05 Å². The lowest BCUT2D eigenvalue weighted by atomic mass is 10.1. The molecule has 0 amide bonds. The fourth-order valence-electron chi connectivity index (χ4n) is 0.848. The van der Waals surface area contributed by atoms with Crippen LogP contribution in [0.4, 0.5) is 0 Å². The molecular formula is C6H12ClNO2. The van der Waals surface area contributed by atoms with Gasteiger partial charge < -0.3 is 5.11 Å². The first-order valence-corrected chi connectivity index (χ1v) is 3.42. The summed E-state index contributed by atoms with van der Waals surface area (Å²) in [5, 5.41) is 8.59. The Kier molecular flexibility index (Phi) is 3.68. The second-order valence-electron chi connectivity index (χ2n) is 2.55. The number of halogens is 1. The highest BCUT2D eigenvalue weighted by Crippen LogP contribution is 2.10. The van der Waals surface area contributed by atoms with E-state index in [0.717, 1.165) is 0 Å². The molecular weight excluding hydrogens is 154 g/mol. The van der Waals surface area contributed by atoms with E-state index in [1.54, 1.807) is 7.05 Å². The van der Waals surface area contributed by atoms with Gasteiger partial charge in [0.1, 0.15) is 6.04 Å². The minimum Gasteiger partial charge on any atom is -0.480 e. The summed E-state index contributed by atoms with van der Waals surface area (Å²) in [5.74, 6) is -0.854. The van der Waals surface area contributed by atoms with Crippen molar-refractivity contribution in [3.8, 4) is 0 Å². The lowest BCUT2D eigenvalue weighted by Crippen LogP contribution is -2.36. The van der Waals surface area contributed by atoms with E-state index in [-0.39, 0.29) is 5.92 Å². The third-order valence-corrected chi connectivity index (χ3v) is 1.48. The molecule has 10 heavy (non-hydrogen) atoms. The molecule has 0 bridgehead atoms. The normalized spacial score (nSPS) is 14.2. The van der Waals surface area contributed by atoms with Gasteiger partial charge in [-0.2, -0.15) is 0 Å². The summed E-state index contributed by atoms with van der Waals surface area (Å²) in [6, 6.07) is -0.596. The fourth-order valence-corrected chi connectivity index (χ4v) is 1.16. The number of carboxylic acids is 1. The maximum atomic E-state index is 10.5. The number of aliphatic carboxylic acids is 1. The van der Waals surface area contributed by atoms with Crippen LogP contribution in [0.2, 0.25) is 0 Å². The Bertz CT molecular complexity index is 117. The molecule has 0 spiro atoms. The lowest BCUT2D eigenvalue weighted by molar-refractivity contribution is -0.142. The van der Waals surface area contributed by atoms with Crippen molar-refractivity contribution in [1.82, 2.24) is 4.42 Å². The molecule has 0 aliphatic rings. The van der Waals surface area contributed by atoms with Crippen LogP contribution >= 0.6 is 11.8 Å². The number of hydrogen-bond donors (Lipinski definition) is 1. The predicted octanol–water partition coefficient (Wildman–Crippen LogP) is 1.18. The van der Waals surface area contributed by atoms with Crippen LogP contribution in [-0.4, -0.2) is 28.6 Å². The van der Waals surface area contributed by atoms with E-state index in [1.165, 1.54) is 4.42 Å². The van der Waals surface area contributed by atoms with Gasteiger partial charge in [0.25, 0.3) is 0 Å². The van der Waals surface area contributed by atoms with Gasteiger partial charge in [-0.3, -0.25) is 4.79 Å². The summed E-state index contributed by atoms with van der Waals surface area (Å²) in [6.45, 7) is 3.63. The molecule has 0 fully saturated rings. The fraction of sp³-hybridized carbons (Fsp3) is 0.833. The van der Waals surface area contributed by atoms with Gasteiger partial charge in [0.05, 0.1) is 0 Å². The molecule has 1 unspecified atom stereocenters. The third-order valence-electron chi connectivity index (χ3n) is 1.27. The van der Waals surface area contributed by atoms with Gasteiger partial charge in [0.2, 0.25) is 0 Å². The van der Waals surface area contributed by atoms with Gasteiger partial charge in [-0.25, -0.2) is 4.42 Å². The summed E-state index contributed by atoms with van der Waals surface area (Å²) in [6.07, 6.45) is 0. The smallest absolute Gasteiger partial charge is 0.322 e. The molecule has 0 saturated carbocycles. The number of carbonyl (C=O) groups is 1. The zero-order chi connectivity index (χ0) is 8.31. The van der Waals surface area contributed by atoms with Crippen LogP contribution in [0, 0.1) is 5.92 Å². The molecule has 3 nitrogen and oxygen atoms in total. The number of carboxylic acid groups (broad SMARTS) is 1.